The zero-order valence-corrected chi connectivity index (χ0v) is 17.5. The molecule has 5 rings (SSSR count). The molecule has 2 unspecified atom stereocenters. The van der Waals surface area contributed by atoms with Gasteiger partial charge < -0.3 is 10.2 Å². The van der Waals surface area contributed by atoms with Crippen molar-refractivity contribution in [3.63, 3.8) is 0 Å². The monoisotopic (exact) mass is 422 g/mol. The van der Waals surface area contributed by atoms with Gasteiger partial charge in [0.1, 0.15) is 6.04 Å². The minimum absolute atomic E-state index is 0.133. The number of hydrogen-bond acceptors (Lipinski definition) is 6. The Morgan fingerprint density at radius 1 is 1.16 bits per heavy atom. The SMILES string of the molecule is Cn1nccc1C1CNCCN1Cc1ccc2c(c1)CN(C1CCC(=O)NC1=O)C2=O. The molecular formula is C22H26N6O3. The number of fused-ring (bicyclic) bond motifs is 1. The number of aromatic nitrogens is 2. The van der Waals surface area contributed by atoms with E-state index in [0.717, 1.165) is 37.3 Å². The van der Waals surface area contributed by atoms with E-state index in [1.807, 2.05) is 30.1 Å². The molecule has 1 aromatic heterocycles. The van der Waals surface area contributed by atoms with Crippen molar-refractivity contribution >= 4 is 17.7 Å². The van der Waals surface area contributed by atoms with Crippen LogP contribution in [0.5, 0.6) is 0 Å². The summed E-state index contributed by atoms with van der Waals surface area (Å²) in [6.07, 6.45) is 2.47. The first-order chi connectivity index (χ1) is 15.0. The predicted octanol–water partition coefficient (Wildman–Crippen LogP) is 0.328. The van der Waals surface area contributed by atoms with Crippen molar-refractivity contribution in [3.05, 3.63) is 52.8 Å². The van der Waals surface area contributed by atoms with Crippen LogP contribution in [-0.2, 0) is 29.7 Å². The highest BCUT2D eigenvalue weighted by Crippen LogP contribution is 2.30. The molecule has 2 saturated heterocycles. The summed E-state index contributed by atoms with van der Waals surface area (Å²) in [5.41, 5.74) is 3.91. The van der Waals surface area contributed by atoms with E-state index in [1.165, 1.54) is 5.69 Å². The number of rotatable bonds is 4. The van der Waals surface area contributed by atoms with Crippen LogP contribution in [0.3, 0.4) is 0 Å². The first-order valence-electron chi connectivity index (χ1n) is 10.7. The zero-order chi connectivity index (χ0) is 21.5. The molecule has 2 aromatic rings. The normalized spacial score (nSPS) is 24.4. The Balaban J connectivity index is 1.34. The van der Waals surface area contributed by atoms with Crippen LogP contribution in [-0.4, -0.2) is 63.0 Å². The topological polar surface area (TPSA) is 99.6 Å². The molecule has 1 aromatic carbocycles. The van der Waals surface area contributed by atoms with Gasteiger partial charge in [0.05, 0.1) is 11.7 Å². The van der Waals surface area contributed by atoms with Crippen molar-refractivity contribution in [3.8, 4) is 0 Å². The van der Waals surface area contributed by atoms with E-state index in [0.29, 0.717) is 18.5 Å². The summed E-state index contributed by atoms with van der Waals surface area (Å²) in [7, 11) is 1.96. The maximum atomic E-state index is 12.9. The van der Waals surface area contributed by atoms with Gasteiger partial charge in [0.2, 0.25) is 11.8 Å². The van der Waals surface area contributed by atoms with E-state index >= 15 is 0 Å². The van der Waals surface area contributed by atoms with Gasteiger partial charge in [0.15, 0.2) is 0 Å². The summed E-state index contributed by atoms with van der Waals surface area (Å²) in [4.78, 5) is 40.6. The van der Waals surface area contributed by atoms with Gasteiger partial charge in [0.25, 0.3) is 5.91 Å². The van der Waals surface area contributed by atoms with Gasteiger partial charge >= 0.3 is 0 Å². The third kappa shape index (κ3) is 3.64. The first-order valence-corrected chi connectivity index (χ1v) is 10.7. The van der Waals surface area contributed by atoms with Crippen molar-refractivity contribution < 1.29 is 14.4 Å². The lowest BCUT2D eigenvalue weighted by Crippen LogP contribution is -2.52. The zero-order valence-electron chi connectivity index (χ0n) is 17.5. The van der Waals surface area contributed by atoms with Crippen molar-refractivity contribution in [1.29, 1.82) is 0 Å². The number of amides is 3. The van der Waals surface area contributed by atoms with Crippen LogP contribution in [0.15, 0.2) is 30.5 Å². The van der Waals surface area contributed by atoms with Gasteiger partial charge in [-0.15, -0.1) is 0 Å². The van der Waals surface area contributed by atoms with E-state index in [9.17, 15) is 14.4 Å². The number of benzene rings is 1. The van der Waals surface area contributed by atoms with Gasteiger partial charge in [-0.05, 0) is 29.7 Å². The van der Waals surface area contributed by atoms with E-state index in [1.54, 1.807) is 4.90 Å². The highest BCUT2D eigenvalue weighted by Gasteiger charge is 2.39. The molecule has 4 heterocycles. The number of nitrogens with one attached hydrogen (secondary N) is 2. The molecule has 0 radical (unpaired) electrons. The number of nitrogens with zero attached hydrogens (tertiary/aromatic N) is 4. The number of piperidine rings is 1. The molecule has 3 amide bonds. The third-order valence-electron chi connectivity index (χ3n) is 6.53. The second-order valence-electron chi connectivity index (χ2n) is 8.46. The average Bonchev–Trinajstić information content (AvgIpc) is 3.31. The van der Waals surface area contributed by atoms with Gasteiger partial charge in [0, 0.05) is 58.0 Å². The number of piperazine rings is 1. The van der Waals surface area contributed by atoms with Crippen LogP contribution in [0.4, 0.5) is 0 Å². The second-order valence-corrected chi connectivity index (χ2v) is 8.46. The molecule has 31 heavy (non-hydrogen) atoms. The summed E-state index contributed by atoms with van der Waals surface area (Å²) in [6.45, 7) is 3.90. The van der Waals surface area contributed by atoms with Gasteiger partial charge in [-0.1, -0.05) is 12.1 Å². The summed E-state index contributed by atoms with van der Waals surface area (Å²) < 4.78 is 1.92. The van der Waals surface area contributed by atoms with Crippen LogP contribution >= 0.6 is 0 Å². The first kappa shape index (κ1) is 19.9. The lowest BCUT2D eigenvalue weighted by molar-refractivity contribution is -0.136. The van der Waals surface area contributed by atoms with Gasteiger partial charge in [-0.3, -0.25) is 29.3 Å². The van der Waals surface area contributed by atoms with Crippen molar-refractivity contribution in [2.45, 2.75) is 38.0 Å². The highest BCUT2D eigenvalue weighted by molar-refractivity contribution is 6.05. The molecule has 162 valence electrons. The van der Waals surface area contributed by atoms with Gasteiger partial charge in [-0.25, -0.2) is 0 Å². The molecule has 0 bridgehead atoms. The molecule has 0 saturated carbocycles. The summed E-state index contributed by atoms with van der Waals surface area (Å²) in [5, 5.41) is 10.1. The Kier molecular flexibility index (Phi) is 5.07. The highest BCUT2D eigenvalue weighted by atomic mass is 16.2. The largest absolute Gasteiger partial charge is 0.322 e. The summed E-state index contributed by atoms with van der Waals surface area (Å²) in [6, 6.07) is 7.68. The molecule has 2 atom stereocenters. The van der Waals surface area contributed by atoms with E-state index in [4.69, 9.17) is 0 Å². The predicted molar refractivity (Wildman–Crippen MR) is 112 cm³/mol. The maximum Gasteiger partial charge on any atom is 0.255 e. The number of hydrogen-bond donors (Lipinski definition) is 2. The number of carbonyl (C=O) groups is 3. The molecule has 3 aliphatic heterocycles. The smallest absolute Gasteiger partial charge is 0.255 e. The van der Waals surface area contributed by atoms with E-state index in [-0.39, 0.29) is 30.2 Å². The molecule has 0 aliphatic carbocycles. The van der Waals surface area contributed by atoms with Crippen LogP contribution in [0.1, 0.15) is 46.1 Å². The lowest BCUT2D eigenvalue weighted by atomic mass is 10.0. The van der Waals surface area contributed by atoms with E-state index < -0.39 is 6.04 Å². The number of imide groups is 1. The second kappa shape index (κ2) is 7.90. The Morgan fingerprint density at radius 2 is 2.03 bits per heavy atom. The van der Waals surface area contributed by atoms with Crippen molar-refractivity contribution in [1.82, 2.24) is 30.2 Å². The van der Waals surface area contributed by atoms with E-state index in [2.05, 4.69) is 32.8 Å². The van der Waals surface area contributed by atoms with Crippen LogP contribution < -0.4 is 10.6 Å². The fourth-order valence-corrected chi connectivity index (χ4v) is 4.90. The number of aryl methyl sites for hydroxylation is 1. The standard InChI is InChI=1S/C22H26N6O3/c1-26-17(6-7-24-26)19-11-23-8-9-27(19)12-14-2-3-16-15(10-14)13-28(22(16)31)18-4-5-20(29)25-21(18)30/h2-3,6-7,10,18-19,23H,4-5,8-9,11-13H2,1H3,(H,25,29,30). The fourth-order valence-electron chi connectivity index (χ4n) is 4.90. The lowest BCUT2D eigenvalue weighted by Gasteiger charge is -2.36. The quantitative estimate of drug-likeness (QED) is 0.689. The van der Waals surface area contributed by atoms with Crippen LogP contribution in [0.25, 0.3) is 0 Å². The summed E-state index contributed by atoms with van der Waals surface area (Å²) >= 11 is 0. The van der Waals surface area contributed by atoms with Gasteiger partial charge in [-0.2, -0.15) is 5.10 Å². The third-order valence-corrected chi connectivity index (χ3v) is 6.53. The molecule has 0 spiro atoms. The molecule has 9 nitrogen and oxygen atoms in total. The van der Waals surface area contributed by atoms with Crippen molar-refractivity contribution in [2.24, 2.45) is 7.05 Å². The Bertz CT molecular complexity index is 1050. The minimum atomic E-state index is -0.580. The Hall–Kier alpha value is -3.04. The minimum Gasteiger partial charge on any atom is -0.322 e. The Morgan fingerprint density at radius 3 is 2.81 bits per heavy atom. The van der Waals surface area contributed by atoms with Crippen LogP contribution in [0, 0.1) is 0 Å². The Labute approximate surface area is 180 Å². The maximum absolute atomic E-state index is 12.9. The fraction of sp³-hybridized carbons (Fsp3) is 0.455. The molecule has 2 N–H and O–H groups in total. The van der Waals surface area contributed by atoms with Crippen molar-refractivity contribution in [2.75, 3.05) is 19.6 Å². The molecule has 9 heteroatoms. The van der Waals surface area contributed by atoms with Crippen LogP contribution in [0.2, 0.25) is 0 Å². The molecule has 3 aliphatic rings. The molecular weight excluding hydrogens is 396 g/mol. The number of carbonyl (C=O) groups excluding carboxylic acids is 3. The summed E-state index contributed by atoms with van der Waals surface area (Å²) in [5.74, 6) is -0.782. The molecule has 2 fully saturated rings. The average molecular weight is 422 g/mol.